The maximum Gasteiger partial charge on any atom is 0.265 e. The Hall–Kier alpha value is -1.87. The van der Waals surface area contributed by atoms with Crippen LogP contribution >= 0.6 is 0 Å². The first-order valence-corrected chi connectivity index (χ1v) is 5.19. The van der Waals surface area contributed by atoms with Gasteiger partial charge in [-0.15, -0.1) is 0 Å². The van der Waals surface area contributed by atoms with Gasteiger partial charge in [0.1, 0.15) is 0 Å². The summed E-state index contributed by atoms with van der Waals surface area (Å²) in [5.74, 6) is 5.20. The average Bonchev–Trinajstić information content (AvgIpc) is 3.06. The third-order valence-electron chi connectivity index (χ3n) is 2.67. The Balaban J connectivity index is 2.26. The highest BCUT2D eigenvalue weighted by Gasteiger charge is 2.22. The molecule has 2 aliphatic rings. The van der Waals surface area contributed by atoms with Crippen LogP contribution in [0.4, 0.5) is 0 Å². The van der Waals surface area contributed by atoms with Gasteiger partial charge in [-0.05, 0) is 24.1 Å². The minimum atomic E-state index is -0.274. The maximum absolute atomic E-state index is 11.4. The summed E-state index contributed by atoms with van der Waals surface area (Å²) in [7, 11) is 0. The highest BCUT2D eigenvalue weighted by molar-refractivity contribution is 5.96. The van der Waals surface area contributed by atoms with Crippen LogP contribution in [0.2, 0.25) is 0 Å². The molecular formula is C13H14N2O. The number of nitrogens with one attached hydrogen (secondary N) is 1. The van der Waals surface area contributed by atoms with E-state index in [1.165, 1.54) is 11.1 Å². The lowest BCUT2D eigenvalue weighted by Gasteiger charge is -2.00. The Bertz CT molecular complexity index is 464. The highest BCUT2D eigenvalue weighted by Crippen LogP contribution is 2.36. The molecule has 0 saturated heterocycles. The molecule has 0 aromatic carbocycles. The van der Waals surface area contributed by atoms with Crippen LogP contribution in [0.5, 0.6) is 0 Å². The van der Waals surface area contributed by atoms with E-state index < -0.39 is 0 Å². The lowest BCUT2D eigenvalue weighted by atomic mass is 10.1. The number of fused-ring (bicyclic) bond motifs is 1. The molecule has 1 unspecified atom stereocenters. The number of nitrogens with two attached hydrogens (primary N) is 1. The first kappa shape index (κ1) is 10.6. The highest BCUT2D eigenvalue weighted by atomic mass is 16.2. The van der Waals surface area contributed by atoms with E-state index in [1.54, 1.807) is 12.2 Å². The van der Waals surface area contributed by atoms with Gasteiger partial charge in [0.05, 0.1) is 0 Å². The number of hydrazine groups is 1. The summed E-state index contributed by atoms with van der Waals surface area (Å²) in [5.41, 5.74) is 5.29. The SMILES string of the molecule is C/C1=C/C=C\C=C(\C(=O)NN)C=CC2C=C12. The predicted molar refractivity (Wildman–Crippen MR) is 64.0 cm³/mol. The molecule has 0 fully saturated rings. The van der Waals surface area contributed by atoms with E-state index in [1.807, 2.05) is 24.3 Å². The minimum Gasteiger partial charge on any atom is -0.290 e. The molecule has 16 heavy (non-hydrogen) atoms. The standard InChI is InChI=1S/C13H14N2O/c1-9-4-2-3-5-10(13(16)15-14)6-7-11-8-12(9)11/h2-8,11H,14H2,1H3,(H,15,16)/b3-2-,7-6?,9-4-,10-5+. The fourth-order valence-electron chi connectivity index (χ4n) is 1.65. The molecular weight excluding hydrogens is 200 g/mol. The molecule has 0 aromatic heterocycles. The molecule has 2 rings (SSSR count). The third-order valence-corrected chi connectivity index (χ3v) is 2.67. The van der Waals surface area contributed by atoms with Crippen molar-refractivity contribution in [2.75, 3.05) is 0 Å². The molecule has 0 aliphatic heterocycles. The molecule has 3 N–H and O–H groups in total. The van der Waals surface area contributed by atoms with Crippen molar-refractivity contribution in [1.82, 2.24) is 5.43 Å². The average molecular weight is 214 g/mol. The van der Waals surface area contributed by atoms with E-state index in [9.17, 15) is 4.79 Å². The van der Waals surface area contributed by atoms with Crippen LogP contribution < -0.4 is 11.3 Å². The molecule has 3 nitrogen and oxygen atoms in total. The molecule has 3 heteroatoms. The second-order valence-electron chi connectivity index (χ2n) is 3.84. The van der Waals surface area contributed by atoms with Gasteiger partial charge in [0.15, 0.2) is 0 Å². The lowest BCUT2D eigenvalue weighted by Crippen LogP contribution is -2.30. The number of rotatable bonds is 1. The zero-order chi connectivity index (χ0) is 11.5. The monoisotopic (exact) mass is 214 g/mol. The van der Waals surface area contributed by atoms with Crippen LogP contribution in [-0.4, -0.2) is 5.91 Å². The van der Waals surface area contributed by atoms with E-state index in [2.05, 4.69) is 18.4 Å². The van der Waals surface area contributed by atoms with E-state index >= 15 is 0 Å². The summed E-state index contributed by atoms with van der Waals surface area (Å²) in [6.45, 7) is 2.09. The Labute approximate surface area is 94.7 Å². The number of carbonyl (C=O) groups excluding carboxylic acids is 1. The van der Waals surface area contributed by atoms with Gasteiger partial charge in [-0.3, -0.25) is 10.2 Å². The smallest absolute Gasteiger partial charge is 0.265 e. The molecule has 0 bridgehead atoms. The van der Waals surface area contributed by atoms with Gasteiger partial charge in [-0.25, -0.2) is 5.84 Å². The van der Waals surface area contributed by atoms with Crippen molar-refractivity contribution in [3.63, 3.8) is 0 Å². The molecule has 2 aliphatic carbocycles. The molecule has 0 spiro atoms. The van der Waals surface area contributed by atoms with Gasteiger partial charge in [0, 0.05) is 11.5 Å². The molecule has 0 radical (unpaired) electrons. The van der Waals surface area contributed by atoms with Gasteiger partial charge < -0.3 is 0 Å². The van der Waals surface area contributed by atoms with Crippen LogP contribution in [0.15, 0.2) is 59.3 Å². The summed E-state index contributed by atoms with van der Waals surface area (Å²) in [6.07, 6.45) is 13.5. The molecule has 0 heterocycles. The molecule has 1 amide bonds. The molecule has 0 aromatic rings. The van der Waals surface area contributed by atoms with Crippen molar-refractivity contribution in [3.05, 3.63) is 59.3 Å². The Morgan fingerprint density at radius 2 is 2.12 bits per heavy atom. The van der Waals surface area contributed by atoms with Crippen LogP contribution in [0.25, 0.3) is 0 Å². The third kappa shape index (κ3) is 2.20. The maximum atomic E-state index is 11.4. The molecule has 82 valence electrons. The Morgan fingerprint density at radius 1 is 1.38 bits per heavy atom. The van der Waals surface area contributed by atoms with E-state index in [4.69, 9.17) is 5.84 Å². The van der Waals surface area contributed by atoms with Crippen LogP contribution in [-0.2, 0) is 4.79 Å². The number of hydrogen-bond donors (Lipinski definition) is 2. The first-order chi connectivity index (χ1) is 7.72. The topological polar surface area (TPSA) is 55.1 Å². The summed E-state index contributed by atoms with van der Waals surface area (Å²) in [4.78, 5) is 11.4. The van der Waals surface area contributed by atoms with Gasteiger partial charge in [0.25, 0.3) is 5.91 Å². The summed E-state index contributed by atoms with van der Waals surface area (Å²) >= 11 is 0. The van der Waals surface area contributed by atoms with Gasteiger partial charge >= 0.3 is 0 Å². The zero-order valence-electron chi connectivity index (χ0n) is 9.10. The number of amides is 1. The largest absolute Gasteiger partial charge is 0.290 e. The van der Waals surface area contributed by atoms with E-state index in [0.29, 0.717) is 11.5 Å². The minimum absolute atomic E-state index is 0.274. The second-order valence-corrected chi connectivity index (χ2v) is 3.84. The van der Waals surface area contributed by atoms with Crippen molar-refractivity contribution < 1.29 is 4.79 Å². The molecule has 1 atom stereocenters. The summed E-state index contributed by atoms with van der Waals surface area (Å²) < 4.78 is 0. The Kier molecular flexibility index (Phi) is 2.88. The zero-order valence-corrected chi connectivity index (χ0v) is 9.10. The number of hydrogen-bond acceptors (Lipinski definition) is 2. The lowest BCUT2D eigenvalue weighted by molar-refractivity contribution is -0.117. The van der Waals surface area contributed by atoms with E-state index in [0.717, 1.165) is 0 Å². The second kappa shape index (κ2) is 4.33. The van der Waals surface area contributed by atoms with Crippen LogP contribution in [0.1, 0.15) is 6.92 Å². The summed E-state index contributed by atoms with van der Waals surface area (Å²) in [6, 6.07) is 0. The quantitative estimate of drug-likeness (QED) is 0.395. The van der Waals surface area contributed by atoms with Gasteiger partial charge in [0.2, 0.25) is 0 Å². The van der Waals surface area contributed by atoms with Crippen LogP contribution in [0, 0.1) is 5.92 Å². The van der Waals surface area contributed by atoms with Crippen molar-refractivity contribution in [2.45, 2.75) is 6.92 Å². The normalized spacial score (nSPS) is 31.1. The van der Waals surface area contributed by atoms with Crippen molar-refractivity contribution >= 4 is 5.91 Å². The van der Waals surface area contributed by atoms with Crippen molar-refractivity contribution in [2.24, 2.45) is 11.8 Å². The number of allylic oxidation sites excluding steroid dienone is 8. The number of carbonyl (C=O) groups is 1. The summed E-state index contributed by atoms with van der Waals surface area (Å²) in [5, 5.41) is 0. The predicted octanol–water partition coefficient (Wildman–Crippen LogP) is 1.53. The van der Waals surface area contributed by atoms with Crippen LogP contribution in [0.3, 0.4) is 0 Å². The fraction of sp³-hybridized carbons (Fsp3) is 0.154. The molecule has 0 saturated carbocycles. The van der Waals surface area contributed by atoms with Gasteiger partial charge in [-0.2, -0.15) is 0 Å². The first-order valence-electron chi connectivity index (χ1n) is 5.19. The van der Waals surface area contributed by atoms with E-state index in [-0.39, 0.29) is 5.91 Å². The van der Waals surface area contributed by atoms with Crippen molar-refractivity contribution in [3.8, 4) is 0 Å². The van der Waals surface area contributed by atoms with Gasteiger partial charge in [-0.1, -0.05) is 36.5 Å². The Morgan fingerprint density at radius 3 is 2.88 bits per heavy atom. The fourth-order valence-corrected chi connectivity index (χ4v) is 1.65. The van der Waals surface area contributed by atoms with Crippen molar-refractivity contribution in [1.29, 1.82) is 0 Å².